The van der Waals surface area contributed by atoms with E-state index in [1.54, 1.807) is 42.5 Å². The van der Waals surface area contributed by atoms with Crippen molar-refractivity contribution in [3.05, 3.63) is 69.7 Å². The Morgan fingerprint density at radius 2 is 1.88 bits per heavy atom. The molecule has 2 aromatic carbocycles. The summed E-state index contributed by atoms with van der Waals surface area (Å²) in [7, 11) is 0. The van der Waals surface area contributed by atoms with Gasteiger partial charge in [0.25, 0.3) is 0 Å². The third-order valence-corrected chi connectivity index (χ3v) is 4.92. The monoisotopic (exact) mass is 444 g/mol. The van der Waals surface area contributed by atoms with Crippen molar-refractivity contribution in [3.8, 4) is 0 Å². The fourth-order valence-electron chi connectivity index (χ4n) is 2.55. The standard InChI is InChI=1S/C18H15BrCl2O4/c19-11-18(13-6-14(20)8-15(21)7-13)24-10-16(25-18)9-23-17(22)12-4-2-1-3-5-12/h1-8,16H,9-11H2/t16-,18+/m0/s1. The van der Waals surface area contributed by atoms with Gasteiger partial charge >= 0.3 is 5.97 Å². The normalized spacial score (nSPS) is 22.8. The van der Waals surface area contributed by atoms with Crippen molar-refractivity contribution in [2.75, 3.05) is 18.5 Å². The molecular weight excluding hydrogens is 431 g/mol. The van der Waals surface area contributed by atoms with E-state index >= 15 is 0 Å². The van der Waals surface area contributed by atoms with Crippen LogP contribution in [0.4, 0.5) is 0 Å². The number of hydrogen-bond donors (Lipinski definition) is 0. The van der Waals surface area contributed by atoms with Crippen molar-refractivity contribution in [3.63, 3.8) is 0 Å². The van der Waals surface area contributed by atoms with Crippen LogP contribution in [0.15, 0.2) is 48.5 Å². The Hall–Kier alpha value is -1.11. The highest BCUT2D eigenvalue weighted by Crippen LogP contribution is 2.38. The van der Waals surface area contributed by atoms with E-state index < -0.39 is 11.8 Å². The molecule has 0 aromatic heterocycles. The first-order chi connectivity index (χ1) is 12.0. The van der Waals surface area contributed by atoms with E-state index in [0.29, 0.717) is 26.5 Å². The minimum Gasteiger partial charge on any atom is -0.459 e. The summed E-state index contributed by atoms with van der Waals surface area (Å²) in [5, 5.41) is 1.38. The van der Waals surface area contributed by atoms with Crippen LogP contribution < -0.4 is 0 Å². The lowest BCUT2D eigenvalue weighted by molar-refractivity contribution is -0.160. The Kier molecular flexibility index (Phi) is 6.02. The van der Waals surface area contributed by atoms with Gasteiger partial charge in [0.05, 0.1) is 17.5 Å². The summed E-state index contributed by atoms with van der Waals surface area (Å²) in [6.45, 7) is 0.384. The van der Waals surface area contributed by atoms with E-state index in [1.807, 2.05) is 6.07 Å². The van der Waals surface area contributed by atoms with Gasteiger partial charge in [0.1, 0.15) is 12.7 Å². The van der Waals surface area contributed by atoms with Crippen molar-refractivity contribution in [2.45, 2.75) is 11.9 Å². The minimum atomic E-state index is -1.02. The number of ether oxygens (including phenoxy) is 3. The van der Waals surface area contributed by atoms with Gasteiger partial charge in [-0.05, 0) is 30.3 Å². The lowest BCUT2D eigenvalue weighted by atomic mass is 10.1. The average Bonchev–Trinajstić information content (AvgIpc) is 3.04. The highest BCUT2D eigenvalue weighted by atomic mass is 79.9. The van der Waals surface area contributed by atoms with Crippen molar-refractivity contribution in [1.29, 1.82) is 0 Å². The van der Waals surface area contributed by atoms with Crippen LogP contribution in [0.25, 0.3) is 0 Å². The van der Waals surface area contributed by atoms with Crippen LogP contribution in [-0.2, 0) is 20.0 Å². The van der Waals surface area contributed by atoms with E-state index in [2.05, 4.69) is 15.9 Å². The molecule has 0 amide bonds. The van der Waals surface area contributed by atoms with Crippen LogP contribution >= 0.6 is 39.1 Å². The van der Waals surface area contributed by atoms with Gasteiger partial charge in [-0.1, -0.05) is 57.3 Å². The molecule has 0 radical (unpaired) electrons. The zero-order valence-corrected chi connectivity index (χ0v) is 16.2. The topological polar surface area (TPSA) is 44.8 Å². The van der Waals surface area contributed by atoms with Crippen molar-refractivity contribution in [2.24, 2.45) is 0 Å². The molecule has 1 aliphatic rings. The maximum Gasteiger partial charge on any atom is 0.338 e. The lowest BCUT2D eigenvalue weighted by Crippen LogP contribution is -2.31. The van der Waals surface area contributed by atoms with Gasteiger partial charge in [-0.2, -0.15) is 0 Å². The quantitative estimate of drug-likeness (QED) is 0.489. The predicted molar refractivity (Wildman–Crippen MR) is 99.5 cm³/mol. The fourth-order valence-corrected chi connectivity index (χ4v) is 3.69. The first-order valence-electron chi connectivity index (χ1n) is 7.59. The minimum absolute atomic E-state index is 0.0940. The summed E-state index contributed by atoms with van der Waals surface area (Å²) in [6.07, 6.45) is -0.386. The predicted octanol–water partition coefficient (Wildman–Crippen LogP) is 4.81. The van der Waals surface area contributed by atoms with Gasteiger partial charge < -0.3 is 14.2 Å². The zero-order valence-electron chi connectivity index (χ0n) is 13.1. The maximum absolute atomic E-state index is 12.0. The number of alkyl halides is 1. The second-order valence-corrected chi connectivity index (χ2v) is 6.99. The number of esters is 1. The Balaban J connectivity index is 1.66. The molecule has 0 spiro atoms. The molecule has 1 fully saturated rings. The van der Waals surface area contributed by atoms with Crippen LogP contribution in [-0.4, -0.2) is 30.6 Å². The zero-order chi connectivity index (χ0) is 17.9. The summed E-state index contributed by atoms with van der Waals surface area (Å²) in [4.78, 5) is 12.0. The highest BCUT2D eigenvalue weighted by Gasteiger charge is 2.43. The van der Waals surface area contributed by atoms with E-state index in [-0.39, 0.29) is 19.3 Å². The van der Waals surface area contributed by atoms with Gasteiger partial charge in [0, 0.05) is 15.6 Å². The third-order valence-electron chi connectivity index (χ3n) is 3.75. The molecule has 1 heterocycles. The summed E-state index contributed by atoms with van der Waals surface area (Å²) in [6, 6.07) is 13.9. The number of carbonyl (C=O) groups excluding carboxylic acids is 1. The van der Waals surface area contributed by atoms with Crippen molar-refractivity contribution >= 4 is 45.1 Å². The number of carbonyl (C=O) groups is 1. The van der Waals surface area contributed by atoms with Crippen LogP contribution in [0.3, 0.4) is 0 Å². The molecular formula is C18H15BrCl2O4. The smallest absolute Gasteiger partial charge is 0.338 e. The van der Waals surface area contributed by atoms with Crippen LogP contribution in [0, 0.1) is 0 Å². The SMILES string of the molecule is O=C(OC[C@H]1CO[C@@](CBr)(c2cc(Cl)cc(Cl)c2)O1)c1ccccc1. The van der Waals surface area contributed by atoms with E-state index in [9.17, 15) is 4.79 Å². The van der Waals surface area contributed by atoms with Gasteiger partial charge in [0.2, 0.25) is 5.79 Å². The Morgan fingerprint density at radius 1 is 1.20 bits per heavy atom. The number of hydrogen-bond acceptors (Lipinski definition) is 4. The van der Waals surface area contributed by atoms with Crippen LogP contribution in [0.2, 0.25) is 10.0 Å². The Bertz CT molecular complexity index is 736. The van der Waals surface area contributed by atoms with Gasteiger partial charge in [0.15, 0.2) is 0 Å². The van der Waals surface area contributed by atoms with Gasteiger partial charge in [-0.15, -0.1) is 0 Å². The molecule has 1 saturated heterocycles. The lowest BCUT2D eigenvalue weighted by Gasteiger charge is -2.26. The Morgan fingerprint density at radius 3 is 2.52 bits per heavy atom. The van der Waals surface area contributed by atoms with E-state index in [0.717, 1.165) is 0 Å². The first-order valence-corrected chi connectivity index (χ1v) is 9.46. The summed E-state index contributed by atoms with van der Waals surface area (Å²) in [5.74, 6) is -1.41. The third kappa shape index (κ3) is 4.36. The van der Waals surface area contributed by atoms with Crippen LogP contribution in [0.1, 0.15) is 15.9 Å². The van der Waals surface area contributed by atoms with Crippen molar-refractivity contribution < 1.29 is 19.0 Å². The molecule has 0 unspecified atom stereocenters. The van der Waals surface area contributed by atoms with E-state index in [1.165, 1.54) is 0 Å². The molecule has 0 aliphatic carbocycles. The van der Waals surface area contributed by atoms with Gasteiger partial charge in [-0.3, -0.25) is 0 Å². The van der Waals surface area contributed by atoms with Crippen LogP contribution in [0.5, 0.6) is 0 Å². The molecule has 0 N–H and O–H groups in total. The second kappa shape index (κ2) is 8.06. The largest absolute Gasteiger partial charge is 0.459 e. The molecule has 2 atom stereocenters. The maximum atomic E-state index is 12.0. The molecule has 132 valence electrons. The highest BCUT2D eigenvalue weighted by molar-refractivity contribution is 9.09. The molecule has 7 heteroatoms. The molecule has 0 bridgehead atoms. The van der Waals surface area contributed by atoms with E-state index in [4.69, 9.17) is 37.4 Å². The summed E-state index contributed by atoms with van der Waals surface area (Å²) >= 11 is 15.6. The average molecular weight is 446 g/mol. The fraction of sp³-hybridized carbons (Fsp3) is 0.278. The second-order valence-electron chi connectivity index (χ2n) is 5.56. The number of rotatable bonds is 5. The molecule has 3 rings (SSSR count). The number of halogens is 3. The summed E-state index contributed by atoms with van der Waals surface area (Å²) in [5.41, 5.74) is 1.20. The van der Waals surface area contributed by atoms with Crippen molar-refractivity contribution in [1.82, 2.24) is 0 Å². The Labute approximate surface area is 164 Å². The molecule has 0 saturated carbocycles. The molecule has 2 aromatic rings. The molecule has 4 nitrogen and oxygen atoms in total. The molecule has 1 aliphatic heterocycles. The van der Waals surface area contributed by atoms with Gasteiger partial charge in [-0.25, -0.2) is 4.79 Å². The summed E-state index contributed by atoms with van der Waals surface area (Å²) < 4.78 is 17.2. The molecule has 25 heavy (non-hydrogen) atoms. The number of benzene rings is 2. The first kappa shape index (κ1) is 18.7.